The maximum Gasteiger partial charge on any atom is 0.335 e. The fourth-order valence-corrected chi connectivity index (χ4v) is 2.51. The van der Waals surface area contributed by atoms with Crippen molar-refractivity contribution in [3.05, 3.63) is 29.3 Å². The Bertz CT molecular complexity index is 495. The molecule has 116 valence electrons. The van der Waals surface area contributed by atoms with Gasteiger partial charge in [0.25, 0.3) is 0 Å². The van der Waals surface area contributed by atoms with Crippen molar-refractivity contribution in [2.24, 2.45) is 5.92 Å². The normalized spacial score (nSPS) is 14.7. The summed E-state index contributed by atoms with van der Waals surface area (Å²) in [4.78, 5) is 13.6. The molecule has 0 atom stereocenters. The van der Waals surface area contributed by atoms with E-state index in [1.54, 1.807) is 25.3 Å². The van der Waals surface area contributed by atoms with Crippen LogP contribution >= 0.6 is 0 Å². The summed E-state index contributed by atoms with van der Waals surface area (Å²) in [6, 6.07) is 5.75. The highest BCUT2D eigenvalue weighted by Crippen LogP contribution is 2.31. The number of hydrogen-bond acceptors (Lipinski definition) is 3. The standard InChI is InChI=1S/C17H25NO3/c1-12(2)8-9-18(15-5-6-15)11-14-10-13(17(19)20)4-7-16(14)21-3/h4,7,10,12,15H,5-6,8-9,11H2,1-3H3,(H,19,20). The van der Waals surface area contributed by atoms with E-state index in [1.807, 2.05) is 0 Å². The van der Waals surface area contributed by atoms with E-state index in [1.165, 1.54) is 12.8 Å². The number of hydrogen-bond donors (Lipinski definition) is 1. The van der Waals surface area contributed by atoms with Crippen LogP contribution in [0.15, 0.2) is 18.2 Å². The first-order valence-corrected chi connectivity index (χ1v) is 7.65. The smallest absolute Gasteiger partial charge is 0.335 e. The Kier molecular flexibility index (Phi) is 5.23. The van der Waals surface area contributed by atoms with Gasteiger partial charge in [0.05, 0.1) is 12.7 Å². The zero-order valence-corrected chi connectivity index (χ0v) is 13.1. The Hall–Kier alpha value is -1.55. The first kappa shape index (κ1) is 15.8. The molecule has 2 rings (SSSR count). The van der Waals surface area contributed by atoms with Crippen molar-refractivity contribution in [2.75, 3.05) is 13.7 Å². The van der Waals surface area contributed by atoms with Gasteiger partial charge in [-0.3, -0.25) is 4.90 Å². The molecule has 1 aromatic rings. The van der Waals surface area contributed by atoms with E-state index in [4.69, 9.17) is 9.84 Å². The molecule has 1 fully saturated rings. The van der Waals surface area contributed by atoms with Gasteiger partial charge < -0.3 is 9.84 Å². The van der Waals surface area contributed by atoms with Gasteiger partial charge in [0.1, 0.15) is 5.75 Å². The maximum absolute atomic E-state index is 11.1. The topological polar surface area (TPSA) is 49.8 Å². The summed E-state index contributed by atoms with van der Waals surface area (Å²) in [6.45, 7) is 6.29. The molecule has 4 nitrogen and oxygen atoms in total. The number of carboxylic acid groups (broad SMARTS) is 1. The minimum atomic E-state index is -0.890. The predicted molar refractivity (Wildman–Crippen MR) is 82.8 cm³/mol. The Balaban J connectivity index is 2.14. The van der Waals surface area contributed by atoms with Gasteiger partial charge in [0.15, 0.2) is 0 Å². The molecule has 0 aliphatic heterocycles. The molecule has 21 heavy (non-hydrogen) atoms. The van der Waals surface area contributed by atoms with Crippen LogP contribution in [-0.4, -0.2) is 35.7 Å². The molecule has 0 unspecified atom stereocenters. The number of nitrogens with zero attached hydrogens (tertiary/aromatic N) is 1. The molecule has 1 aliphatic rings. The summed E-state index contributed by atoms with van der Waals surface area (Å²) in [5.41, 5.74) is 1.29. The van der Waals surface area contributed by atoms with Crippen LogP contribution in [0.1, 0.15) is 49.0 Å². The third-order valence-corrected chi connectivity index (χ3v) is 3.96. The van der Waals surface area contributed by atoms with Crippen molar-refractivity contribution in [3.63, 3.8) is 0 Å². The van der Waals surface area contributed by atoms with Gasteiger partial charge >= 0.3 is 5.97 Å². The fraction of sp³-hybridized carbons (Fsp3) is 0.588. The predicted octanol–water partition coefficient (Wildman–Crippen LogP) is 3.40. The number of carboxylic acids is 1. The van der Waals surface area contributed by atoms with Crippen molar-refractivity contribution in [2.45, 2.75) is 45.7 Å². The Morgan fingerprint density at radius 2 is 2.14 bits per heavy atom. The summed E-state index contributed by atoms with van der Waals surface area (Å²) >= 11 is 0. The van der Waals surface area contributed by atoms with Gasteiger partial charge in [-0.1, -0.05) is 13.8 Å². The van der Waals surface area contributed by atoms with Gasteiger partial charge in [0.2, 0.25) is 0 Å². The first-order valence-electron chi connectivity index (χ1n) is 7.65. The number of rotatable bonds is 8. The molecule has 1 saturated carbocycles. The van der Waals surface area contributed by atoms with E-state index < -0.39 is 5.97 Å². The lowest BCUT2D eigenvalue weighted by atomic mass is 10.1. The average molecular weight is 291 g/mol. The highest BCUT2D eigenvalue weighted by molar-refractivity contribution is 5.88. The second-order valence-electron chi connectivity index (χ2n) is 6.22. The Morgan fingerprint density at radius 3 is 2.67 bits per heavy atom. The van der Waals surface area contributed by atoms with E-state index in [-0.39, 0.29) is 0 Å². The summed E-state index contributed by atoms with van der Waals surface area (Å²) < 4.78 is 5.39. The maximum atomic E-state index is 11.1. The molecule has 1 aromatic carbocycles. The molecule has 0 bridgehead atoms. The molecule has 0 amide bonds. The zero-order chi connectivity index (χ0) is 15.4. The third kappa shape index (κ3) is 4.46. The largest absolute Gasteiger partial charge is 0.496 e. The molecule has 0 spiro atoms. The van der Waals surface area contributed by atoms with E-state index in [9.17, 15) is 4.79 Å². The minimum Gasteiger partial charge on any atom is -0.496 e. The van der Waals surface area contributed by atoms with Crippen molar-refractivity contribution in [1.29, 1.82) is 0 Å². The second kappa shape index (κ2) is 6.94. The highest BCUT2D eigenvalue weighted by Gasteiger charge is 2.29. The van der Waals surface area contributed by atoms with Crippen molar-refractivity contribution < 1.29 is 14.6 Å². The van der Waals surface area contributed by atoms with Gasteiger partial charge in [-0.25, -0.2) is 4.79 Å². The molecule has 1 N–H and O–H groups in total. The Labute approximate surface area is 126 Å². The van der Waals surface area contributed by atoms with Crippen LogP contribution in [0.2, 0.25) is 0 Å². The van der Waals surface area contributed by atoms with E-state index in [2.05, 4.69) is 18.7 Å². The van der Waals surface area contributed by atoms with Crippen LogP contribution in [0.25, 0.3) is 0 Å². The second-order valence-corrected chi connectivity index (χ2v) is 6.22. The van der Waals surface area contributed by atoms with Crippen molar-refractivity contribution >= 4 is 5.97 Å². The van der Waals surface area contributed by atoms with E-state index >= 15 is 0 Å². The number of benzene rings is 1. The monoisotopic (exact) mass is 291 g/mol. The van der Waals surface area contributed by atoms with E-state index in [0.29, 0.717) is 17.5 Å². The van der Waals surface area contributed by atoms with Crippen LogP contribution < -0.4 is 4.74 Å². The SMILES string of the molecule is COc1ccc(C(=O)O)cc1CN(CCC(C)C)C1CC1. The lowest BCUT2D eigenvalue weighted by Gasteiger charge is -2.24. The van der Waals surface area contributed by atoms with Gasteiger partial charge in [-0.2, -0.15) is 0 Å². The lowest BCUT2D eigenvalue weighted by Crippen LogP contribution is -2.28. The lowest BCUT2D eigenvalue weighted by molar-refractivity contribution is 0.0696. The summed E-state index contributed by atoms with van der Waals surface area (Å²) in [6.07, 6.45) is 3.66. The summed E-state index contributed by atoms with van der Waals surface area (Å²) in [5.74, 6) is 0.563. The Morgan fingerprint density at radius 1 is 1.43 bits per heavy atom. The van der Waals surface area contributed by atoms with Crippen molar-refractivity contribution in [1.82, 2.24) is 4.90 Å². The number of methoxy groups -OCH3 is 1. The summed E-state index contributed by atoms with van der Waals surface area (Å²) in [7, 11) is 1.63. The molecule has 0 saturated heterocycles. The van der Waals surface area contributed by atoms with Gasteiger partial charge in [-0.05, 0) is 49.9 Å². The van der Waals surface area contributed by atoms with Crippen LogP contribution in [-0.2, 0) is 6.54 Å². The van der Waals surface area contributed by atoms with Gasteiger partial charge in [-0.15, -0.1) is 0 Å². The fourth-order valence-electron chi connectivity index (χ4n) is 2.51. The van der Waals surface area contributed by atoms with Crippen LogP contribution in [0.4, 0.5) is 0 Å². The van der Waals surface area contributed by atoms with Crippen LogP contribution in [0, 0.1) is 5.92 Å². The van der Waals surface area contributed by atoms with E-state index in [0.717, 1.165) is 30.8 Å². The van der Waals surface area contributed by atoms with Crippen LogP contribution in [0.5, 0.6) is 5.75 Å². The molecular weight excluding hydrogens is 266 g/mol. The zero-order valence-electron chi connectivity index (χ0n) is 13.1. The number of ether oxygens (including phenoxy) is 1. The number of aromatic carboxylic acids is 1. The molecule has 0 heterocycles. The third-order valence-electron chi connectivity index (χ3n) is 3.96. The first-order chi connectivity index (χ1) is 10.0. The molecule has 0 aromatic heterocycles. The minimum absolute atomic E-state index is 0.324. The van der Waals surface area contributed by atoms with Crippen LogP contribution in [0.3, 0.4) is 0 Å². The average Bonchev–Trinajstić information content (AvgIpc) is 3.27. The summed E-state index contributed by atoms with van der Waals surface area (Å²) in [5, 5.41) is 9.15. The van der Waals surface area contributed by atoms with Gasteiger partial charge in [0, 0.05) is 18.2 Å². The molecular formula is C17H25NO3. The number of carbonyl (C=O) groups is 1. The quantitative estimate of drug-likeness (QED) is 0.797. The molecule has 1 aliphatic carbocycles. The molecule has 0 radical (unpaired) electrons. The van der Waals surface area contributed by atoms with Crippen molar-refractivity contribution in [3.8, 4) is 5.75 Å². The molecule has 4 heteroatoms. The highest BCUT2D eigenvalue weighted by atomic mass is 16.5.